The lowest BCUT2D eigenvalue weighted by Crippen LogP contribution is -2.16. The van der Waals surface area contributed by atoms with Crippen molar-refractivity contribution in [2.45, 2.75) is 24.7 Å². The van der Waals surface area contributed by atoms with Gasteiger partial charge in [-0.15, -0.1) is 0 Å². The molecule has 1 aromatic rings. The van der Waals surface area contributed by atoms with Crippen LogP contribution in [0.4, 0.5) is 14.6 Å². The van der Waals surface area contributed by atoms with Crippen LogP contribution in [0.3, 0.4) is 0 Å². The van der Waals surface area contributed by atoms with Gasteiger partial charge in [0.15, 0.2) is 11.6 Å². The highest BCUT2D eigenvalue weighted by Gasteiger charge is 2.55. The maximum atomic E-state index is 12.4. The Morgan fingerprint density at radius 1 is 1.58 bits per heavy atom. The van der Waals surface area contributed by atoms with Gasteiger partial charge in [-0.05, 0) is 12.8 Å². The van der Waals surface area contributed by atoms with E-state index < -0.39 is 11.8 Å². The van der Waals surface area contributed by atoms with Gasteiger partial charge in [0, 0.05) is 6.07 Å². The van der Waals surface area contributed by atoms with Crippen LogP contribution < -0.4 is 5.73 Å². The van der Waals surface area contributed by atoms with E-state index in [2.05, 4.69) is 5.16 Å². The summed E-state index contributed by atoms with van der Waals surface area (Å²) in [5, 5.41) is 3.37. The first-order valence-corrected chi connectivity index (χ1v) is 3.66. The monoisotopic (exact) mass is 174 g/mol. The number of rotatable bonds is 2. The molecule has 66 valence electrons. The summed E-state index contributed by atoms with van der Waals surface area (Å²) in [6.45, 7) is 0. The van der Waals surface area contributed by atoms with E-state index in [1.807, 2.05) is 0 Å². The van der Waals surface area contributed by atoms with Crippen molar-refractivity contribution in [1.82, 2.24) is 5.16 Å². The molecule has 0 unspecified atom stereocenters. The summed E-state index contributed by atoms with van der Waals surface area (Å²) >= 11 is 0. The van der Waals surface area contributed by atoms with Gasteiger partial charge < -0.3 is 10.3 Å². The van der Waals surface area contributed by atoms with E-state index >= 15 is 0 Å². The SMILES string of the molecule is Nc1cc(C2(C(F)F)CC2)on1. The van der Waals surface area contributed by atoms with Crippen LogP contribution in [0.15, 0.2) is 10.6 Å². The van der Waals surface area contributed by atoms with Gasteiger partial charge in [0.2, 0.25) is 0 Å². The quantitative estimate of drug-likeness (QED) is 0.740. The number of nitrogen functional groups attached to an aromatic ring is 1. The zero-order valence-electron chi connectivity index (χ0n) is 6.26. The molecule has 5 heteroatoms. The summed E-state index contributed by atoms with van der Waals surface area (Å²) in [4.78, 5) is 0. The first-order valence-electron chi connectivity index (χ1n) is 3.66. The molecule has 1 aliphatic rings. The molecule has 3 nitrogen and oxygen atoms in total. The maximum Gasteiger partial charge on any atom is 0.251 e. The standard InChI is InChI=1S/C7H8F2N2O/c8-6(9)7(1-2-7)4-3-5(10)11-12-4/h3,6H,1-2H2,(H2,10,11). The van der Waals surface area contributed by atoms with Gasteiger partial charge in [-0.1, -0.05) is 5.16 Å². The molecule has 1 aliphatic carbocycles. The van der Waals surface area contributed by atoms with E-state index in [1.54, 1.807) is 0 Å². The first-order chi connectivity index (χ1) is 5.65. The van der Waals surface area contributed by atoms with Crippen molar-refractivity contribution >= 4 is 5.82 Å². The summed E-state index contributed by atoms with van der Waals surface area (Å²) < 4.78 is 29.6. The molecular formula is C7H8F2N2O. The largest absolute Gasteiger partial charge is 0.381 e. The molecule has 0 aromatic carbocycles. The molecule has 0 saturated heterocycles. The van der Waals surface area contributed by atoms with Crippen molar-refractivity contribution in [3.05, 3.63) is 11.8 Å². The highest BCUT2D eigenvalue weighted by Crippen LogP contribution is 2.52. The zero-order chi connectivity index (χ0) is 8.77. The Labute approximate surface area is 67.5 Å². The Morgan fingerprint density at radius 3 is 2.58 bits per heavy atom. The van der Waals surface area contributed by atoms with Crippen molar-refractivity contribution in [1.29, 1.82) is 0 Å². The van der Waals surface area contributed by atoms with Gasteiger partial charge in [-0.25, -0.2) is 8.78 Å². The second-order valence-electron chi connectivity index (χ2n) is 3.07. The van der Waals surface area contributed by atoms with Gasteiger partial charge in [-0.2, -0.15) is 0 Å². The fraction of sp³-hybridized carbons (Fsp3) is 0.571. The second-order valence-corrected chi connectivity index (χ2v) is 3.07. The third kappa shape index (κ3) is 0.888. The Balaban J connectivity index is 2.30. The molecule has 0 bridgehead atoms. The molecule has 0 spiro atoms. The molecule has 1 fully saturated rings. The average molecular weight is 174 g/mol. The minimum atomic E-state index is -2.38. The average Bonchev–Trinajstić information content (AvgIpc) is 2.71. The fourth-order valence-corrected chi connectivity index (χ4v) is 1.23. The summed E-state index contributed by atoms with van der Waals surface area (Å²) in [5.74, 6) is 0.381. The summed E-state index contributed by atoms with van der Waals surface area (Å²) in [7, 11) is 0. The van der Waals surface area contributed by atoms with Crippen LogP contribution in [-0.4, -0.2) is 11.6 Å². The topological polar surface area (TPSA) is 52.0 Å². The molecule has 2 rings (SSSR count). The minimum Gasteiger partial charge on any atom is -0.381 e. The predicted octanol–water partition coefficient (Wildman–Crippen LogP) is 1.55. The van der Waals surface area contributed by atoms with E-state index in [0.29, 0.717) is 12.8 Å². The van der Waals surface area contributed by atoms with E-state index in [4.69, 9.17) is 10.3 Å². The second kappa shape index (κ2) is 2.18. The number of nitrogens with two attached hydrogens (primary N) is 1. The Morgan fingerprint density at radius 2 is 2.25 bits per heavy atom. The molecule has 0 radical (unpaired) electrons. The van der Waals surface area contributed by atoms with Crippen LogP contribution >= 0.6 is 0 Å². The number of hydrogen-bond donors (Lipinski definition) is 1. The molecule has 1 aromatic heterocycles. The third-order valence-electron chi connectivity index (χ3n) is 2.23. The molecule has 1 heterocycles. The Kier molecular flexibility index (Phi) is 1.37. The molecule has 12 heavy (non-hydrogen) atoms. The zero-order valence-corrected chi connectivity index (χ0v) is 6.26. The highest BCUT2D eigenvalue weighted by atomic mass is 19.3. The highest BCUT2D eigenvalue weighted by molar-refractivity contribution is 5.34. The van der Waals surface area contributed by atoms with E-state index in [1.165, 1.54) is 6.07 Å². The van der Waals surface area contributed by atoms with Crippen molar-refractivity contribution in [3.63, 3.8) is 0 Å². The van der Waals surface area contributed by atoms with E-state index in [-0.39, 0.29) is 11.6 Å². The van der Waals surface area contributed by atoms with E-state index in [9.17, 15) is 8.78 Å². The molecule has 0 amide bonds. The third-order valence-corrected chi connectivity index (χ3v) is 2.23. The maximum absolute atomic E-state index is 12.4. The van der Waals surface area contributed by atoms with Gasteiger partial charge in [0.25, 0.3) is 6.43 Å². The van der Waals surface area contributed by atoms with Crippen LogP contribution in [0.5, 0.6) is 0 Å². The first kappa shape index (κ1) is 7.52. The van der Waals surface area contributed by atoms with Gasteiger partial charge >= 0.3 is 0 Å². The van der Waals surface area contributed by atoms with Crippen LogP contribution in [0.25, 0.3) is 0 Å². The Bertz CT molecular complexity index is 293. The van der Waals surface area contributed by atoms with Crippen molar-refractivity contribution < 1.29 is 13.3 Å². The van der Waals surface area contributed by atoms with Crippen molar-refractivity contribution in [2.24, 2.45) is 0 Å². The lowest BCUT2D eigenvalue weighted by atomic mass is 10.1. The van der Waals surface area contributed by atoms with E-state index in [0.717, 1.165) is 0 Å². The van der Waals surface area contributed by atoms with Gasteiger partial charge in [0.05, 0.1) is 5.41 Å². The van der Waals surface area contributed by atoms with Crippen LogP contribution in [0, 0.1) is 0 Å². The van der Waals surface area contributed by atoms with Gasteiger partial charge in [0.1, 0.15) is 0 Å². The number of nitrogens with zero attached hydrogens (tertiary/aromatic N) is 1. The number of aromatic nitrogens is 1. The number of anilines is 1. The molecule has 2 N–H and O–H groups in total. The summed E-state index contributed by atoms with van der Waals surface area (Å²) in [5.41, 5.74) is 4.17. The molecule has 1 saturated carbocycles. The van der Waals surface area contributed by atoms with Gasteiger partial charge in [-0.3, -0.25) is 0 Å². The predicted molar refractivity (Wildman–Crippen MR) is 37.8 cm³/mol. The molecule has 0 aliphatic heterocycles. The lowest BCUT2D eigenvalue weighted by molar-refractivity contribution is 0.0875. The lowest BCUT2D eigenvalue weighted by Gasteiger charge is -2.07. The van der Waals surface area contributed by atoms with Crippen LogP contribution in [-0.2, 0) is 5.41 Å². The smallest absolute Gasteiger partial charge is 0.251 e. The summed E-state index contributed by atoms with van der Waals surface area (Å²) in [6.07, 6.45) is -1.47. The minimum absolute atomic E-state index is 0.164. The van der Waals surface area contributed by atoms with Crippen LogP contribution in [0.1, 0.15) is 18.6 Å². The summed E-state index contributed by atoms with van der Waals surface area (Å²) in [6, 6.07) is 1.37. The number of alkyl halides is 2. The molecule has 0 atom stereocenters. The van der Waals surface area contributed by atoms with Crippen molar-refractivity contribution in [2.75, 3.05) is 5.73 Å². The Hall–Kier alpha value is -1.13. The number of hydrogen-bond acceptors (Lipinski definition) is 3. The van der Waals surface area contributed by atoms with Crippen LogP contribution in [0.2, 0.25) is 0 Å². The van der Waals surface area contributed by atoms with Crippen molar-refractivity contribution in [3.8, 4) is 0 Å². The fourth-order valence-electron chi connectivity index (χ4n) is 1.23. The number of halogens is 2. The normalized spacial score (nSPS) is 19.9. The molecular weight excluding hydrogens is 166 g/mol.